The van der Waals surface area contributed by atoms with E-state index in [2.05, 4.69) is 26.1 Å². The van der Waals surface area contributed by atoms with Gasteiger partial charge in [-0.05, 0) is 25.1 Å². The Morgan fingerprint density at radius 1 is 1.40 bits per heavy atom. The van der Waals surface area contributed by atoms with Gasteiger partial charge in [-0.1, -0.05) is 33.8 Å². The molecule has 0 fully saturated rings. The highest BCUT2D eigenvalue weighted by Gasteiger charge is 2.19. The second kappa shape index (κ2) is 6.41. The minimum Gasteiger partial charge on any atom is -0.411 e. The second-order valence-electron chi connectivity index (χ2n) is 4.38. The van der Waals surface area contributed by atoms with Gasteiger partial charge in [-0.2, -0.15) is 0 Å². The molecule has 0 radical (unpaired) electrons. The van der Waals surface area contributed by atoms with Crippen molar-refractivity contribution in [2.45, 2.75) is 17.4 Å². The van der Waals surface area contributed by atoms with Crippen molar-refractivity contribution in [1.82, 2.24) is 15.1 Å². The van der Waals surface area contributed by atoms with Crippen LogP contribution in [0.15, 0.2) is 38.4 Å². The Morgan fingerprint density at radius 3 is 2.80 bits per heavy atom. The highest BCUT2D eigenvalue weighted by atomic mass is 79.9. The van der Waals surface area contributed by atoms with Crippen molar-refractivity contribution in [3.8, 4) is 11.5 Å². The van der Waals surface area contributed by atoms with Gasteiger partial charge in [0.25, 0.3) is 5.22 Å². The molecular weight excluding hydrogens is 342 g/mol. The lowest BCUT2D eigenvalue weighted by atomic mass is 10.2. The summed E-state index contributed by atoms with van der Waals surface area (Å²) in [6.07, 6.45) is 0. The molecule has 0 spiro atoms. The fourth-order valence-electron chi connectivity index (χ4n) is 1.56. The van der Waals surface area contributed by atoms with Gasteiger partial charge in [0, 0.05) is 24.1 Å². The molecule has 106 valence electrons. The van der Waals surface area contributed by atoms with Crippen molar-refractivity contribution >= 4 is 33.6 Å². The third-order valence-corrected chi connectivity index (χ3v) is 3.96. The van der Waals surface area contributed by atoms with Crippen molar-refractivity contribution in [2.24, 2.45) is 0 Å². The Kier molecular flexibility index (Phi) is 4.82. The zero-order chi connectivity index (χ0) is 14.7. The van der Waals surface area contributed by atoms with Gasteiger partial charge in [0.2, 0.25) is 11.8 Å². The monoisotopic (exact) mass is 355 g/mol. The van der Waals surface area contributed by atoms with Crippen LogP contribution in [0.4, 0.5) is 0 Å². The number of nitrogens with zero attached hydrogens (tertiary/aromatic N) is 3. The van der Waals surface area contributed by atoms with Gasteiger partial charge < -0.3 is 9.32 Å². The first-order valence-electron chi connectivity index (χ1n) is 5.94. The van der Waals surface area contributed by atoms with Crippen molar-refractivity contribution < 1.29 is 9.21 Å². The lowest BCUT2D eigenvalue weighted by molar-refractivity contribution is -0.127. The molecule has 7 heteroatoms. The molecule has 0 saturated heterocycles. The Balaban J connectivity index is 2.12. The van der Waals surface area contributed by atoms with Crippen LogP contribution in [-0.2, 0) is 4.79 Å². The van der Waals surface area contributed by atoms with Crippen LogP contribution in [0.1, 0.15) is 6.92 Å². The van der Waals surface area contributed by atoms with E-state index >= 15 is 0 Å². The Bertz CT molecular complexity index is 615. The molecule has 0 N–H and O–H groups in total. The van der Waals surface area contributed by atoms with Crippen molar-refractivity contribution in [1.29, 1.82) is 0 Å². The molecular formula is C13H14BrN3O2S. The summed E-state index contributed by atoms with van der Waals surface area (Å²) in [5.41, 5.74) is 0.838. The summed E-state index contributed by atoms with van der Waals surface area (Å²) < 4.78 is 6.52. The number of thioether (sulfide) groups is 1. The first-order valence-corrected chi connectivity index (χ1v) is 7.62. The molecule has 1 aromatic heterocycles. The molecule has 2 aromatic rings. The Morgan fingerprint density at radius 2 is 2.15 bits per heavy atom. The summed E-state index contributed by atoms with van der Waals surface area (Å²) in [7, 11) is 3.44. The average molecular weight is 356 g/mol. The SMILES string of the molecule is CC(Sc1nnc(-c2cccc(Br)c2)o1)C(=O)N(C)C. The molecule has 0 aliphatic heterocycles. The molecule has 1 amide bonds. The largest absolute Gasteiger partial charge is 0.411 e. The van der Waals surface area contributed by atoms with Crippen molar-refractivity contribution in [3.63, 3.8) is 0 Å². The standard InChI is InChI=1S/C13H14BrN3O2S/c1-8(12(18)17(2)3)20-13-16-15-11(19-13)9-5-4-6-10(14)7-9/h4-8H,1-3H3. The highest BCUT2D eigenvalue weighted by Crippen LogP contribution is 2.27. The first-order chi connectivity index (χ1) is 9.47. The zero-order valence-electron chi connectivity index (χ0n) is 11.3. The van der Waals surface area contributed by atoms with Crippen molar-refractivity contribution in [3.05, 3.63) is 28.7 Å². The Labute approximate surface area is 129 Å². The molecule has 1 atom stereocenters. The number of hydrogen-bond acceptors (Lipinski definition) is 5. The summed E-state index contributed by atoms with van der Waals surface area (Å²) >= 11 is 4.65. The number of carbonyl (C=O) groups excluding carboxylic acids is 1. The van der Waals surface area contributed by atoms with Crippen LogP contribution >= 0.6 is 27.7 Å². The van der Waals surface area contributed by atoms with E-state index in [4.69, 9.17) is 4.42 Å². The molecule has 1 heterocycles. The van der Waals surface area contributed by atoms with E-state index in [0.717, 1.165) is 10.0 Å². The first kappa shape index (κ1) is 15.1. The predicted molar refractivity (Wildman–Crippen MR) is 81.4 cm³/mol. The van der Waals surface area contributed by atoms with Crippen LogP contribution in [0.25, 0.3) is 11.5 Å². The van der Waals surface area contributed by atoms with Crippen LogP contribution in [0.3, 0.4) is 0 Å². The predicted octanol–water partition coefficient (Wildman–Crippen LogP) is 3.07. The minimum absolute atomic E-state index is 0.0113. The second-order valence-corrected chi connectivity index (χ2v) is 6.58. The summed E-state index contributed by atoms with van der Waals surface area (Å²) in [5, 5.41) is 8.09. The number of amides is 1. The topological polar surface area (TPSA) is 59.2 Å². The number of benzene rings is 1. The van der Waals surface area contributed by atoms with Gasteiger partial charge >= 0.3 is 0 Å². The lowest BCUT2D eigenvalue weighted by Gasteiger charge is -2.14. The summed E-state index contributed by atoms with van der Waals surface area (Å²) in [6, 6.07) is 7.61. The van der Waals surface area contributed by atoms with E-state index in [1.165, 1.54) is 11.8 Å². The summed E-state index contributed by atoms with van der Waals surface area (Å²) in [5.74, 6) is 0.454. The number of carbonyl (C=O) groups is 1. The molecule has 1 aromatic carbocycles. The maximum Gasteiger partial charge on any atom is 0.277 e. The Hall–Kier alpha value is -1.34. The van der Waals surface area contributed by atoms with Gasteiger partial charge in [-0.3, -0.25) is 4.79 Å². The molecule has 0 aliphatic carbocycles. The molecule has 2 rings (SSSR count). The van der Waals surface area contributed by atoms with E-state index in [1.807, 2.05) is 31.2 Å². The normalized spacial score (nSPS) is 12.2. The molecule has 0 bridgehead atoms. The van der Waals surface area contributed by atoms with Gasteiger partial charge in [0.1, 0.15) is 0 Å². The van der Waals surface area contributed by atoms with E-state index < -0.39 is 0 Å². The van der Waals surface area contributed by atoms with Crippen LogP contribution in [0.5, 0.6) is 0 Å². The number of halogens is 1. The molecule has 20 heavy (non-hydrogen) atoms. The quantitative estimate of drug-likeness (QED) is 0.788. The molecule has 5 nitrogen and oxygen atoms in total. The molecule has 0 saturated carbocycles. The van der Waals surface area contributed by atoms with E-state index in [1.54, 1.807) is 19.0 Å². The third-order valence-electron chi connectivity index (χ3n) is 2.54. The average Bonchev–Trinajstić information content (AvgIpc) is 2.86. The lowest BCUT2D eigenvalue weighted by Crippen LogP contribution is -2.29. The highest BCUT2D eigenvalue weighted by molar-refractivity contribution is 9.10. The van der Waals surface area contributed by atoms with Gasteiger partial charge in [0.15, 0.2) is 0 Å². The van der Waals surface area contributed by atoms with Crippen LogP contribution in [0.2, 0.25) is 0 Å². The minimum atomic E-state index is -0.263. The van der Waals surface area contributed by atoms with Crippen LogP contribution < -0.4 is 0 Å². The fourth-order valence-corrected chi connectivity index (χ4v) is 2.79. The third kappa shape index (κ3) is 3.61. The molecule has 1 unspecified atom stereocenters. The smallest absolute Gasteiger partial charge is 0.277 e. The number of hydrogen-bond donors (Lipinski definition) is 0. The number of rotatable bonds is 4. The summed E-state index contributed by atoms with van der Waals surface area (Å²) in [6.45, 7) is 1.82. The number of aromatic nitrogens is 2. The van der Waals surface area contributed by atoms with E-state index in [9.17, 15) is 4.79 Å². The van der Waals surface area contributed by atoms with Crippen LogP contribution in [-0.4, -0.2) is 40.3 Å². The van der Waals surface area contributed by atoms with Gasteiger partial charge in [0.05, 0.1) is 5.25 Å². The maximum absolute atomic E-state index is 11.8. The fraction of sp³-hybridized carbons (Fsp3) is 0.308. The van der Waals surface area contributed by atoms with Crippen molar-refractivity contribution in [2.75, 3.05) is 14.1 Å². The maximum atomic E-state index is 11.8. The molecule has 0 aliphatic rings. The van der Waals surface area contributed by atoms with Gasteiger partial charge in [-0.15, -0.1) is 10.2 Å². The van der Waals surface area contributed by atoms with E-state index in [-0.39, 0.29) is 11.2 Å². The zero-order valence-corrected chi connectivity index (χ0v) is 13.7. The van der Waals surface area contributed by atoms with Crippen LogP contribution in [0, 0.1) is 0 Å². The summed E-state index contributed by atoms with van der Waals surface area (Å²) in [4.78, 5) is 13.3. The van der Waals surface area contributed by atoms with Gasteiger partial charge in [-0.25, -0.2) is 0 Å². The van der Waals surface area contributed by atoms with E-state index in [0.29, 0.717) is 11.1 Å².